The monoisotopic (exact) mass is 960 g/mol. The zero-order chi connectivity index (χ0) is 48.3. The lowest BCUT2D eigenvalue weighted by Gasteiger charge is -2.44. The molecule has 0 saturated heterocycles. The van der Waals surface area contributed by atoms with Gasteiger partial charge in [0.25, 0.3) is 0 Å². The summed E-state index contributed by atoms with van der Waals surface area (Å²) in [6, 6.07) is 22.6. The van der Waals surface area contributed by atoms with Crippen LogP contribution in [0.1, 0.15) is 5.56 Å². The van der Waals surface area contributed by atoms with Crippen LogP contribution >= 0.6 is 0 Å². The first-order valence-corrected chi connectivity index (χ1v) is 19.4. The van der Waals surface area contributed by atoms with Crippen molar-refractivity contribution in [1.29, 1.82) is 0 Å². The molecule has 1 atom stereocenters. The van der Waals surface area contributed by atoms with Gasteiger partial charge in [-0.05, 0) is 29.7 Å². The van der Waals surface area contributed by atoms with Crippen LogP contribution in [0.2, 0.25) is 0 Å². The smallest absolute Gasteiger partial charge is 0.200 e. The standard InChI is InChI=1S/C24BF20.C18H16OS/c26-5-1(6(27)14(35)21(42)13(5)34)25(2-7(28)15(36)22(43)16(37)8(2)29,3-9(30)17(38)23(44)18(39)10(3)31)4-11(32)19(40)24(45)20(41)12(4)33;1-20(13-14-9-11-16(19)12-10-14)18-8-4-6-15-5-2-3-7-17(15)18/h;2-12H,13H2,1H3/q-1;/p+1. The lowest BCUT2D eigenvalue weighted by Crippen LogP contribution is -2.81. The van der Waals surface area contributed by atoms with E-state index in [1.807, 2.05) is 12.1 Å². The third-order valence-corrected chi connectivity index (χ3v) is 12.0. The van der Waals surface area contributed by atoms with E-state index in [2.05, 4.69) is 48.7 Å². The number of hydrogen-bond donors (Lipinski definition) is 1. The number of phenols is 1. The summed E-state index contributed by atoms with van der Waals surface area (Å²) in [5.74, 6) is -70.1. The summed E-state index contributed by atoms with van der Waals surface area (Å²) in [6.45, 7) is 0. The number of benzene rings is 7. The molecule has 7 rings (SSSR count). The van der Waals surface area contributed by atoms with Gasteiger partial charge in [-0.1, -0.05) is 42.5 Å². The van der Waals surface area contributed by atoms with Gasteiger partial charge in [0.05, 0.1) is 0 Å². The molecule has 0 heterocycles. The number of rotatable bonds is 7. The van der Waals surface area contributed by atoms with Gasteiger partial charge in [0.15, 0.2) is 74.7 Å². The quantitative estimate of drug-likeness (QED) is 0.0555. The number of fused-ring (bicyclic) bond motifs is 1. The van der Waals surface area contributed by atoms with E-state index in [1.165, 1.54) is 21.2 Å². The van der Waals surface area contributed by atoms with E-state index in [0.29, 0.717) is 5.75 Å². The van der Waals surface area contributed by atoms with E-state index in [4.69, 9.17) is 0 Å². The summed E-state index contributed by atoms with van der Waals surface area (Å²) >= 11 is 0. The van der Waals surface area contributed by atoms with E-state index >= 15 is 35.1 Å². The lowest BCUT2D eigenvalue weighted by atomic mass is 9.12. The van der Waals surface area contributed by atoms with Gasteiger partial charge < -0.3 is 5.11 Å². The fraction of sp³-hybridized carbons (Fsp3) is 0.0476. The molecule has 0 aliphatic rings. The topological polar surface area (TPSA) is 20.2 Å². The van der Waals surface area contributed by atoms with Crippen LogP contribution in [0, 0.1) is 116 Å². The molecule has 1 nitrogen and oxygen atoms in total. The van der Waals surface area contributed by atoms with E-state index < -0.39 is 144 Å². The van der Waals surface area contributed by atoms with Gasteiger partial charge in [0.1, 0.15) is 70.4 Å². The summed E-state index contributed by atoms with van der Waals surface area (Å²) in [4.78, 5) is 1.41. The Labute approximate surface area is 353 Å². The summed E-state index contributed by atoms with van der Waals surface area (Å²) in [7, 11) is 0.153. The second-order valence-electron chi connectivity index (χ2n) is 13.7. The zero-order valence-corrected chi connectivity index (χ0v) is 32.4. The maximum Gasteiger partial charge on any atom is 0.200 e. The predicted molar refractivity (Wildman–Crippen MR) is 197 cm³/mol. The maximum atomic E-state index is 15.4. The van der Waals surface area contributed by atoms with E-state index in [0.717, 1.165) is 5.75 Å². The summed E-state index contributed by atoms with van der Waals surface area (Å²) in [5, 5.41) is 12.0. The molecule has 0 amide bonds. The molecular weight excluding hydrogens is 943 g/mol. The number of hydrogen-bond acceptors (Lipinski definition) is 1. The molecule has 1 N–H and O–H groups in total. The molecular formula is C42H17BF20OS. The van der Waals surface area contributed by atoms with Gasteiger partial charge in [-0.15, -0.1) is 21.9 Å². The van der Waals surface area contributed by atoms with Crippen LogP contribution in [0.25, 0.3) is 10.8 Å². The molecule has 0 aliphatic carbocycles. The van der Waals surface area contributed by atoms with Crippen molar-refractivity contribution in [2.24, 2.45) is 0 Å². The van der Waals surface area contributed by atoms with Gasteiger partial charge in [-0.2, -0.15) is 0 Å². The maximum absolute atomic E-state index is 15.4. The largest absolute Gasteiger partial charge is 0.508 e. The number of halogens is 20. The molecule has 0 aromatic heterocycles. The Morgan fingerprint density at radius 2 is 0.631 bits per heavy atom. The molecule has 7 aromatic carbocycles. The molecule has 0 aliphatic heterocycles. The van der Waals surface area contributed by atoms with Crippen LogP contribution in [0.4, 0.5) is 87.8 Å². The summed E-state index contributed by atoms with van der Waals surface area (Å²) < 4.78 is 294. The van der Waals surface area contributed by atoms with Gasteiger partial charge in [0.2, 0.25) is 0 Å². The molecule has 65 heavy (non-hydrogen) atoms. The van der Waals surface area contributed by atoms with Crippen molar-refractivity contribution in [1.82, 2.24) is 0 Å². The van der Waals surface area contributed by atoms with Crippen molar-refractivity contribution in [2.75, 3.05) is 6.26 Å². The van der Waals surface area contributed by atoms with E-state index in [9.17, 15) is 57.8 Å². The van der Waals surface area contributed by atoms with Crippen LogP contribution in [0.3, 0.4) is 0 Å². The molecule has 0 bridgehead atoms. The Balaban J connectivity index is 0.000000289. The highest BCUT2D eigenvalue weighted by Gasteiger charge is 2.52. The Bertz CT molecular complexity index is 2670. The minimum atomic E-state index is -7.22. The van der Waals surface area contributed by atoms with Gasteiger partial charge in [-0.25, -0.2) is 87.8 Å². The second-order valence-corrected chi connectivity index (χ2v) is 15.7. The minimum absolute atomic E-state index is 0.153. The molecule has 0 saturated carbocycles. The van der Waals surface area contributed by atoms with Gasteiger partial charge >= 0.3 is 0 Å². The Hall–Kier alpha value is -6.39. The highest BCUT2D eigenvalue weighted by Crippen LogP contribution is 2.31. The molecule has 1 unspecified atom stereocenters. The Morgan fingerprint density at radius 3 is 0.954 bits per heavy atom. The van der Waals surface area contributed by atoms with Crippen molar-refractivity contribution in [3.05, 3.63) is 189 Å². The molecule has 0 fully saturated rings. The third-order valence-electron chi connectivity index (χ3n) is 10.2. The Morgan fingerprint density at radius 1 is 0.354 bits per heavy atom. The van der Waals surface area contributed by atoms with Crippen molar-refractivity contribution < 1.29 is 92.9 Å². The molecule has 340 valence electrons. The van der Waals surface area contributed by atoms with Crippen molar-refractivity contribution in [3.63, 3.8) is 0 Å². The van der Waals surface area contributed by atoms with E-state index in [1.54, 1.807) is 12.1 Å². The SMILES string of the molecule is C[S+](Cc1ccc(O)cc1)c1cccc2ccccc12.Fc1c(F)c(F)c([B-](c2c(F)c(F)c(F)c(F)c2F)(c2c(F)c(F)c(F)c(F)c2F)c2c(F)c(F)c(F)c(F)c2F)c(F)c1F. The van der Waals surface area contributed by atoms with Gasteiger partial charge in [0, 0.05) is 21.8 Å². The predicted octanol–water partition coefficient (Wildman–Crippen LogP) is 10.2. The first-order chi connectivity index (χ1) is 30.4. The highest BCUT2D eigenvalue weighted by molar-refractivity contribution is 7.95. The van der Waals surface area contributed by atoms with Crippen LogP contribution in [-0.2, 0) is 16.6 Å². The summed E-state index contributed by atoms with van der Waals surface area (Å²) in [5.41, 5.74) is -13.1. The van der Waals surface area contributed by atoms with Crippen LogP contribution in [-0.4, -0.2) is 17.5 Å². The summed E-state index contributed by atoms with van der Waals surface area (Å²) in [6.07, 6.45) is -4.93. The van der Waals surface area contributed by atoms with Crippen LogP contribution in [0.5, 0.6) is 5.75 Å². The highest BCUT2D eigenvalue weighted by atomic mass is 32.2. The minimum Gasteiger partial charge on any atom is -0.508 e. The van der Waals surface area contributed by atoms with Crippen LogP contribution in [0.15, 0.2) is 71.6 Å². The molecule has 0 radical (unpaired) electrons. The van der Waals surface area contributed by atoms with Crippen molar-refractivity contribution >= 4 is 49.7 Å². The van der Waals surface area contributed by atoms with Crippen molar-refractivity contribution in [3.8, 4) is 5.75 Å². The average molecular weight is 960 g/mol. The van der Waals surface area contributed by atoms with Crippen molar-refractivity contribution in [2.45, 2.75) is 10.6 Å². The second kappa shape index (κ2) is 17.9. The first-order valence-electron chi connectivity index (χ1n) is 17.6. The number of phenolic OH excluding ortho intramolecular Hbond substituents is 1. The third kappa shape index (κ3) is 7.65. The van der Waals surface area contributed by atoms with Gasteiger partial charge in [-0.3, -0.25) is 0 Å². The van der Waals surface area contributed by atoms with Crippen LogP contribution < -0.4 is 21.9 Å². The fourth-order valence-corrected chi connectivity index (χ4v) is 9.01. The molecule has 7 aromatic rings. The normalized spacial score (nSPS) is 12.1. The fourth-order valence-electron chi connectivity index (χ4n) is 7.29. The zero-order valence-electron chi connectivity index (χ0n) is 31.6. The lowest BCUT2D eigenvalue weighted by molar-refractivity contribution is 0.378. The number of aromatic hydroxyl groups is 1. The molecule has 23 heteroatoms. The molecule has 0 spiro atoms. The first kappa shape index (κ1) is 48.1. The Kier molecular flexibility index (Phi) is 13.2. The van der Waals surface area contributed by atoms with E-state index in [-0.39, 0.29) is 10.9 Å². The average Bonchev–Trinajstić information content (AvgIpc) is 3.29.